The van der Waals surface area contributed by atoms with E-state index in [0.717, 1.165) is 0 Å². The number of aromatic amines is 1. The minimum atomic E-state index is -4.79. The molecule has 19 heteroatoms. The average Bonchev–Trinajstić information content (AvgIpc) is 3.67. The van der Waals surface area contributed by atoms with E-state index in [1.165, 1.54) is 12.1 Å². The van der Waals surface area contributed by atoms with Gasteiger partial charge in [0.1, 0.15) is 18.1 Å². The molecule has 2 aromatic rings. The molecule has 0 bridgehead atoms. The molecule has 0 spiro atoms. The summed E-state index contributed by atoms with van der Waals surface area (Å²) < 4.78 is 72.2. The predicted octanol–water partition coefficient (Wildman–Crippen LogP) is 2.20. The first kappa shape index (κ1) is 45.3. The van der Waals surface area contributed by atoms with Crippen LogP contribution in [0.4, 0.5) is 4.39 Å². The van der Waals surface area contributed by atoms with Crippen molar-refractivity contribution in [2.45, 2.75) is 32.4 Å². The lowest BCUT2D eigenvalue weighted by molar-refractivity contribution is -0.122. The molecule has 0 unspecified atom stereocenters. The zero-order valence-corrected chi connectivity index (χ0v) is 30.4. The molecule has 4 N–H and O–H groups in total. The van der Waals surface area contributed by atoms with E-state index in [-0.39, 0.29) is 36.0 Å². The van der Waals surface area contributed by atoms with Crippen molar-refractivity contribution in [2.24, 2.45) is 0 Å². The molecule has 1 aromatic heterocycles. The number of ether oxygens (including phenoxy) is 8. The molecular weight excluding hydrogens is 712 g/mol. The number of amides is 1. The second-order valence-electron chi connectivity index (χ2n) is 10.9. The summed E-state index contributed by atoms with van der Waals surface area (Å²) in [5, 5.41) is 9.16. The van der Waals surface area contributed by atoms with Crippen LogP contribution in [-0.2, 0) is 60.3 Å². The first-order chi connectivity index (χ1) is 25.3. The first-order valence-corrected chi connectivity index (χ1v) is 18.7. The minimum Gasteiger partial charge on any atom is -0.404 e. The highest BCUT2D eigenvalue weighted by Crippen LogP contribution is 2.39. The van der Waals surface area contributed by atoms with Crippen LogP contribution in [0.25, 0.3) is 0 Å². The third kappa shape index (κ3) is 24.4. The second-order valence-corrected chi connectivity index (χ2v) is 12.1. The van der Waals surface area contributed by atoms with Gasteiger partial charge >= 0.3 is 7.82 Å². The van der Waals surface area contributed by atoms with Gasteiger partial charge in [0.2, 0.25) is 5.91 Å². The van der Waals surface area contributed by atoms with Crippen molar-refractivity contribution in [2.75, 3.05) is 112 Å². The van der Waals surface area contributed by atoms with Gasteiger partial charge in [0.25, 0.3) is 0 Å². The van der Waals surface area contributed by atoms with Crippen LogP contribution in [0.15, 0.2) is 30.5 Å². The lowest BCUT2D eigenvalue weighted by Crippen LogP contribution is -2.26. The molecule has 52 heavy (non-hydrogen) atoms. The number of hydrogen-bond donors (Lipinski definition) is 4. The molecule has 0 atom stereocenters. The summed E-state index contributed by atoms with van der Waals surface area (Å²) in [6.07, 6.45) is 3.18. The van der Waals surface area contributed by atoms with Gasteiger partial charge in [0.05, 0.1) is 99.1 Å². The van der Waals surface area contributed by atoms with Gasteiger partial charge in [0, 0.05) is 37.8 Å². The molecule has 0 saturated heterocycles. The summed E-state index contributed by atoms with van der Waals surface area (Å²) in [5.74, 6) is -0.397. The van der Waals surface area contributed by atoms with Crippen molar-refractivity contribution in [1.82, 2.24) is 15.5 Å². The Morgan fingerprint density at radius 3 is 1.67 bits per heavy atom. The highest BCUT2D eigenvalue weighted by atomic mass is 31.2. The number of carbonyl (C=O) groups is 2. The van der Waals surface area contributed by atoms with Crippen molar-refractivity contribution < 1.29 is 70.8 Å². The Morgan fingerprint density at radius 1 is 0.712 bits per heavy atom. The van der Waals surface area contributed by atoms with Crippen LogP contribution in [0.2, 0.25) is 0 Å². The van der Waals surface area contributed by atoms with Gasteiger partial charge in [-0.15, -0.1) is 0 Å². The van der Waals surface area contributed by atoms with Gasteiger partial charge in [-0.2, -0.15) is 5.10 Å². The number of phosphoric acid groups is 1. The predicted molar refractivity (Wildman–Crippen MR) is 184 cm³/mol. The van der Waals surface area contributed by atoms with Crippen molar-refractivity contribution in [3.05, 3.63) is 47.3 Å². The smallest absolute Gasteiger partial charge is 0.404 e. The van der Waals surface area contributed by atoms with Crippen molar-refractivity contribution >= 4 is 19.5 Å². The number of carbonyl (C=O) groups excluding carboxylic acids is 2. The lowest BCUT2D eigenvalue weighted by atomic mass is 10.1. The van der Waals surface area contributed by atoms with E-state index in [0.29, 0.717) is 136 Å². The number of hydrogen-bond acceptors (Lipinski definition) is 13. The highest BCUT2D eigenvalue weighted by molar-refractivity contribution is 7.46. The molecule has 296 valence electrons. The molecule has 0 fully saturated rings. The summed E-state index contributed by atoms with van der Waals surface area (Å²) in [7, 11) is -4.79. The van der Waals surface area contributed by atoms with Crippen LogP contribution in [0.1, 0.15) is 40.9 Å². The SMILES string of the molecule is O=C(CCOCCOCCOCCOCCOCCOCCOCCOCCCC(=O)c1ccn[nH]1)NCCc1ccc(OP(=O)(O)O)c(CF)c1. The van der Waals surface area contributed by atoms with E-state index in [4.69, 9.17) is 47.7 Å². The Bertz CT molecular complexity index is 1250. The quantitative estimate of drug-likeness (QED) is 0.0450. The van der Waals surface area contributed by atoms with Gasteiger partial charge < -0.3 is 47.7 Å². The number of phosphoric ester groups is 1. The summed E-state index contributed by atoms with van der Waals surface area (Å²) >= 11 is 0. The summed E-state index contributed by atoms with van der Waals surface area (Å²) in [5.41, 5.74) is 1.22. The van der Waals surface area contributed by atoms with Gasteiger partial charge in [-0.3, -0.25) is 24.5 Å². The number of rotatable bonds is 35. The van der Waals surface area contributed by atoms with E-state index in [2.05, 4.69) is 20.0 Å². The highest BCUT2D eigenvalue weighted by Gasteiger charge is 2.18. The van der Waals surface area contributed by atoms with Crippen LogP contribution in [-0.4, -0.2) is 144 Å². The monoisotopic (exact) mass is 765 g/mol. The van der Waals surface area contributed by atoms with Gasteiger partial charge in [0.15, 0.2) is 5.78 Å². The first-order valence-electron chi connectivity index (χ1n) is 17.1. The van der Waals surface area contributed by atoms with E-state index in [1.54, 1.807) is 18.3 Å². The number of benzene rings is 1. The summed E-state index contributed by atoms with van der Waals surface area (Å²) in [6.45, 7) is 6.14. The fourth-order valence-corrected chi connectivity index (χ4v) is 4.67. The molecule has 0 aliphatic rings. The Morgan fingerprint density at radius 2 is 1.21 bits per heavy atom. The van der Waals surface area contributed by atoms with Gasteiger partial charge in [-0.05, 0) is 36.6 Å². The minimum absolute atomic E-state index is 0.0182. The normalized spacial score (nSPS) is 11.6. The van der Waals surface area contributed by atoms with E-state index >= 15 is 0 Å². The summed E-state index contributed by atoms with van der Waals surface area (Å²) in [4.78, 5) is 41.6. The topological polar surface area (TPSA) is 215 Å². The Hall–Kier alpha value is -2.87. The molecule has 0 radical (unpaired) electrons. The summed E-state index contributed by atoms with van der Waals surface area (Å²) in [6, 6.07) is 5.94. The van der Waals surface area contributed by atoms with Gasteiger partial charge in [-0.1, -0.05) is 6.07 Å². The molecule has 2 rings (SSSR count). The molecular formula is C33H53FN3O14P. The van der Waals surface area contributed by atoms with E-state index < -0.39 is 14.5 Å². The number of Topliss-reactive ketones (excluding diaryl/α,β-unsaturated/α-hetero) is 1. The molecule has 1 heterocycles. The zero-order chi connectivity index (χ0) is 37.5. The van der Waals surface area contributed by atoms with Crippen molar-refractivity contribution in [1.29, 1.82) is 0 Å². The Labute approximate surface area is 303 Å². The molecule has 17 nitrogen and oxygen atoms in total. The van der Waals surface area contributed by atoms with Crippen molar-refractivity contribution in [3.63, 3.8) is 0 Å². The van der Waals surface area contributed by atoms with Crippen LogP contribution >= 0.6 is 7.82 Å². The van der Waals surface area contributed by atoms with Crippen LogP contribution in [0, 0.1) is 0 Å². The third-order valence-corrected chi connectivity index (χ3v) is 7.23. The molecule has 0 saturated carbocycles. The number of nitrogens with zero attached hydrogens (tertiary/aromatic N) is 1. The maximum Gasteiger partial charge on any atom is 0.524 e. The number of H-pyrrole nitrogens is 1. The number of alkyl halides is 1. The number of ketones is 1. The fourth-order valence-electron chi connectivity index (χ4n) is 4.23. The fraction of sp³-hybridized carbons (Fsp3) is 0.667. The zero-order valence-electron chi connectivity index (χ0n) is 29.5. The largest absolute Gasteiger partial charge is 0.524 e. The Kier molecular flexibility index (Phi) is 25.8. The maximum absolute atomic E-state index is 13.2. The molecule has 1 aromatic carbocycles. The van der Waals surface area contributed by atoms with Crippen molar-refractivity contribution in [3.8, 4) is 5.75 Å². The lowest BCUT2D eigenvalue weighted by Gasteiger charge is -2.12. The second kappa shape index (κ2) is 29.6. The number of nitrogens with one attached hydrogen (secondary N) is 2. The van der Waals surface area contributed by atoms with Gasteiger partial charge in [-0.25, -0.2) is 8.96 Å². The maximum atomic E-state index is 13.2. The van der Waals surface area contributed by atoms with Crippen LogP contribution in [0.3, 0.4) is 0 Å². The average molecular weight is 766 g/mol. The van der Waals surface area contributed by atoms with Crippen LogP contribution in [0.5, 0.6) is 5.75 Å². The number of halogens is 1. The third-order valence-electron chi connectivity index (χ3n) is 6.79. The van der Waals surface area contributed by atoms with E-state index in [1.807, 2.05) is 0 Å². The van der Waals surface area contributed by atoms with Crippen LogP contribution < -0.4 is 9.84 Å². The molecule has 0 aliphatic heterocycles. The molecule has 1 amide bonds. The standard InChI is InChI=1S/C33H53FN3O14P/c34-27-29-26-28(3-4-32(29)51-52(40,41)42)5-8-35-33(39)7-11-44-13-15-46-17-19-48-21-23-50-25-24-49-22-20-47-18-16-45-14-12-43-10-1-2-31(38)30-6-9-36-37-30/h3-4,6,9,26H,1-2,5,7-8,10-25,27H2,(H,35,39)(H,36,37)(H2,40,41,42). The van der Waals surface area contributed by atoms with E-state index in [9.17, 15) is 18.5 Å². The Balaban J connectivity index is 1.24. The molecule has 0 aliphatic carbocycles. The number of aromatic nitrogens is 2.